The Hall–Kier alpha value is -2.88. The number of methoxy groups -OCH3 is 1. The number of ether oxygens (including phenoxy) is 1. The molecule has 0 spiro atoms. The Morgan fingerprint density at radius 2 is 1.47 bits per heavy atom. The highest BCUT2D eigenvalue weighted by Gasteiger charge is 2.09. The second-order valence-corrected chi connectivity index (χ2v) is 8.08. The normalized spacial score (nSPS) is 10.9. The van der Waals surface area contributed by atoms with E-state index in [0.29, 0.717) is 5.56 Å². The average Bonchev–Trinajstić information content (AvgIpc) is 2.84. The molecule has 2 rings (SSSR count). The first-order chi connectivity index (χ1) is 15.7. The SMILES string of the molecule is COC(=O)CCC(=O)c1ccc(NCCCCCCCCC/C=C/c2ccccc2)cc1. The van der Waals surface area contributed by atoms with Crippen LogP contribution in [0.2, 0.25) is 0 Å². The van der Waals surface area contributed by atoms with Crippen molar-refractivity contribution >= 4 is 23.5 Å². The molecule has 0 aliphatic rings. The predicted octanol–water partition coefficient (Wildman–Crippen LogP) is 7.07. The number of hydrogen-bond donors (Lipinski definition) is 1. The van der Waals surface area contributed by atoms with Gasteiger partial charge in [-0.15, -0.1) is 0 Å². The van der Waals surface area contributed by atoms with E-state index in [0.717, 1.165) is 25.1 Å². The molecule has 0 radical (unpaired) electrons. The maximum Gasteiger partial charge on any atom is 0.305 e. The van der Waals surface area contributed by atoms with Gasteiger partial charge in [-0.25, -0.2) is 0 Å². The molecule has 4 nitrogen and oxygen atoms in total. The summed E-state index contributed by atoms with van der Waals surface area (Å²) in [6.07, 6.45) is 14.9. The topological polar surface area (TPSA) is 55.4 Å². The Morgan fingerprint density at radius 1 is 0.812 bits per heavy atom. The molecule has 0 heterocycles. The third kappa shape index (κ3) is 10.9. The average molecular weight is 436 g/mol. The first-order valence-corrected chi connectivity index (χ1v) is 11.8. The Labute approximate surface area is 193 Å². The van der Waals surface area contributed by atoms with E-state index in [4.69, 9.17) is 0 Å². The third-order valence-electron chi connectivity index (χ3n) is 5.48. The van der Waals surface area contributed by atoms with Gasteiger partial charge in [0, 0.05) is 24.2 Å². The van der Waals surface area contributed by atoms with Crippen molar-refractivity contribution in [3.63, 3.8) is 0 Å². The maximum absolute atomic E-state index is 12.1. The second kappa shape index (κ2) is 15.9. The van der Waals surface area contributed by atoms with Gasteiger partial charge in [0.15, 0.2) is 5.78 Å². The molecule has 0 saturated carbocycles. The fraction of sp³-hybridized carbons (Fsp3) is 0.429. The van der Waals surface area contributed by atoms with Gasteiger partial charge < -0.3 is 10.1 Å². The number of carbonyl (C=O) groups excluding carboxylic acids is 2. The van der Waals surface area contributed by atoms with Crippen LogP contribution in [0.15, 0.2) is 60.7 Å². The van der Waals surface area contributed by atoms with Crippen molar-refractivity contribution < 1.29 is 14.3 Å². The maximum atomic E-state index is 12.1. The van der Waals surface area contributed by atoms with Gasteiger partial charge in [0.1, 0.15) is 0 Å². The highest BCUT2D eigenvalue weighted by atomic mass is 16.5. The minimum atomic E-state index is -0.354. The molecule has 32 heavy (non-hydrogen) atoms. The molecule has 0 aromatic heterocycles. The summed E-state index contributed by atoms with van der Waals surface area (Å²) < 4.78 is 4.57. The summed E-state index contributed by atoms with van der Waals surface area (Å²) in [6.45, 7) is 0.944. The van der Waals surface area contributed by atoms with Gasteiger partial charge in [-0.05, 0) is 49.1 Å². The zero-order chi connectivity index (χ0) is 22.9. The third-order valence-corrected chi connectivity index (χ3v) is 5.48. The molecule has 4 heteroatoms. The smallest absolute Gasteiger partial charge is 0.305 e. The van der Waals surface area contributed by atoms with E-state index in [1.54, 1.807) is 0 Å². The molecular weight excluding hydrogens is 398 g/mol. The van der Waals surface area contributed by atoms with Crippen molar-refractivity contribution in [3.8, 4) is 0 Å². The number of hydrogen-bond acceptors (Lipinski definition) is 4. The number of carbonyl (C=O) groups is 2. The Kier molecular flexibility index (Phi) is 12.6. The minimum Gasteiger partial charge on any atom is -0.469 e. The van der Waals surface area contributed by atoms with Crippen molar-refractivity contribution in [1.29, 1.82) is 0 Å². The number of unbranched alkanes of at least 4 members (excludes halogenated alkanes) is 7. The number of Topliss-reactive ketones (excluding diaryl/α,β-unsaturated/α-hetero) is 1. The van der Waals surface area contributed by atoms with Crippen LogP contribution in [0.25, 0.3) is 6.08 Å². The molecule has 0 amide bonds. The van der Waals surface area contributed by atoms with Gasteiger partial charge >= 0.3 is 5.97 Å². The van der Waals surface area contributed by atoms with Gasteiger partial charge in [-0.3, -0.25) is 9.59 Å². The van der Waals surface area contributed by atoms with Crippen molar-refractivity contribution in [1.82, 2.24) is 0 Å². The van der Waals surface area contributed by atoms with Crippen molar-refractivity contribution in [2.75, 3.05) is 19.0 Å². The lowest BCUT2D eigenvalue weighted by Gasteiger charge is -2.07. The van der Waals surface area contributed by atoms with E-state index < -0.39 is 0 Å². The summed E-state index contributed by atoms with van der Waals surface area (Å²) in [5.74, 6) is -0.387. The van der Waals surface area contributed by atoms with E-state index in [1.807, 2.05) is 30.3 Å². The molecule has 2 aromatic carbocycles. The van der Waals surface area contributed by atoms with Gasteiger partial charge in [-0.1, -0.05) is 74.6 Å². The number of nitrogens with one attached hydrogen (secondary N) is 1. The highest BCUT2D eigenvalue weighted by Crippen LogP contribution is 2.14. The van der Waals surface area contributed by atoms with Crippen LogP contribution < -0.4 is 5.32 Å². The summed E-state index contributed by atoms with van der Waals surface area (Å²) in [5, 5.41) is 3.42. The second-order valence-electron chi connectivity index (χ2n) is 8.08. The van der Waals surface area contributed by atoms with Gasteiger partial charge in [0.05, 0.1) is 13.5 Å². The molecule has 2 aromatic rings. The Bertz CT molecular complexity index is 812. The molecular formula is C28H37NO3. The molecule has 1 N–H and O–H groups in total. The van der Waals surface area contributed by atoms with Crippen LogP contribution in [-0.2, 0) is 9.53 Å². The van der Waals surface area contributed by atoms with E-state index in [2.05, 4.69) is 46.5 Å². The van der Waals surface area contributed by atoms with Crippen molar-refractivity contribution in [2.24, 2.45) is 0 Å². The minimum absolute atomic E-state index is 0.0332. The molecule has 0 unspecified atom stereocenters. The quantitative estimate of drug-likeness (QED) is 0.174. The van der Waals surface area contributed by atoms with Crippen LogP contribution in [0.1, 0.15) is 80.1 Å². The predicted molar refractivity (Wildman–Crippen MR) is 133 cm³/mol. The number of benzene rings is 2. The largest absolute Gasteiger partial charge is 0.469 e. The fourth-order valence-electron chi connectivity index (χ4n) is 3.52. The molecule has 172 valence electrons. The van der Waals surface area contributed by atoms with Gasteiger partial charge in [-0.2, -0.15) is 0 Å². The zero-order valence-corrected chi connectivity index (χ0v) is 19.4. The molecule has 0 aliphatic carbocycles. The lowest BCUT2D eigenvalue weighted by Crippen LogP contribution is -2.06. The lowest BCUT2D eigenvalue weighted by atomic mass is 10.1. The standard InChI is InChI=1S/C28H37NO3/c1-32-28(31)22-21-27(30)25-17-19-26(20-18-25)29-23-13-8-6-4-2-3-5-7-10-14-24-15-11-9-12-16-24/h9-12,14-20,29H,2-8,13,21-23H2,1H3/b14-10+. The van der Waals surface area contributed by atoms with Crippen molar-refractivity contribution in [2.45, 2.75) is 64.2 Å². The van der Waals surface area contributed by atoms with Crippen LogP contribution in [0.4, 0.5) is 5.69 Å². The van der Waals surface area contributed by atoms with E-state index in [9.17, 15) is 9.59 Å². The van der Waals surface area contributed by atoms with E-state index in [-0.39, 0.29) is 24.6 Å². The van der Waals surface area contributed by atoms with Crippen LogP contribution in [-0.4, -0.2) is 25.4 Å². The van der Waals surface area contributed by atoms with Crippen molar-refractivity contribution in [3.05, 3.63) is 71.8 Å². The summed E-state index contributed by atoms with van der Waals surface area (Å²) in [7, 11) is 1.33. The molecule has 0 bridgehead atoms. The zero-order valence-electron chi connectivity index (χ0n) is 19.4. The fourth-order valence-corrected chi connectivity index (χ4v) is 3.52. The van der Waals surface area contributed by atoms with Crippen LogP contribution in [0.3, 0.4) is 0 Å². The van der Waals surface area contributed by atoms with E-state index in [1.165, 1.54) is 51.2 Å². The number of esters is 1. The van der Waals surface area contributed by atoms with Crippen LogP contribution >= 0.6 is 0 Å². The first-order valence-electron chi connectivity index (χ1n) is 11.8. The lowest BCUT2D eigenvalue weighted by molar-refractivity contribution is -0.140. The summed E-state index contributed by atoms with van der Waals surface area (Å²) >= 11 is 0. The summed E-state index contributed by atoms with van der Waals surface area (Å²) in [4.78, 5) is 23.2. The summed E-state index contributed by atoms with van der Waals surface area (Å²) in [6, 6.07) is 18.0. The Morgan fingerprint density at radius 3 is 2.16 bits per heavy atom. The Balaban J connectivity index is 1.45. The number of anilines is 1. The summed E-state index contributed by atoms with van der Waals surface area (Å²) in [5.41, 5.74) is 2.94. The van der Waals surface area contributed by atoms with E-state index >= 15 is 0 Å². The number of allylic oxidation sites excluding steroid dienone is 1. The molecule has 0 fully saturated rings. The van der Waals surface area contributed by atoms with Crippen LogP contribution in [0, 0.1) is 0 Å². The highest BCUT2D eigenvalue weighted by molar-refractivity contribution is 5.97. The molecule has 0 atom stereocenters. The van der Waals surface area contributed by atoms with Gasteiger partial charge in [0.2, 0.25) is 0 Å². The molecule has 0 aliphatic heterocycles. The van der Waals surface area contributed by atoms with Crippen LogP contribution in [0.5, 0.6) is 0 Å². The first kappa shape index (κ1) is 25.4. The monoisotopic (exact) mass is 435 g/mol. The van der Waals surface area contributed by atoms with Gasteiger partial charge in [0.25, 0.3) is 0 Å². The number of ketones is 1. The number of rotatable bonds is 16. The molecule has 0 saturated heterocycles.